The number of aromatic nitrogens is 7. The summed E-state index contributed by atoms with van der Waals surface area (Å²) >= 11 is 5.88. The topological polar surface area (TPSA) is 190 Å². The first-order chi connectivity index (χ1) is 17.9. The molecule has 0 aliphatic rings. The van der Waals surface area contributed by atoms with Crippen LogP contribution in [0.5, 0.6) is 0 Å². The van der Waals surface area contributed by atoms with Gasteiger partial charge in [-0.15, -0.1) is 10.2 Å². The molecule has 0 bridgehead atoms. The third-order valence-electron chi connectivity index (χ3n) is 5.17. The highest BCUT2D eigenvalue weighted by Crippen LogP contribution is 2.24. The lowest BCUT2D eigenvalue weighted by Crippen LogP contribution is -2.37. The van der Waals surface area contributed by atoms with Gasteiger partial charge in [-0.05, 0) is 36.4 Å². The van der Waals surface area contributed by atoms with Gasteiger partial charge in [-0.1, -0.05) is 11.6 Å². The maximum absolute atomic E-state index is 13.1. The minimum absolute atomic E-state index is 0.112. The Bertz CT molecular complexity index is 1580. The molecule has 0 saturated carbocycles. The molecule has 38 heavy (non-hydrogen) atoms. The van der Waals surface area contributed by atoms with Gasteiger partial charge in [0, 0.05) is 16.8 Å². The zero-order valence-electron chi connectivity index (χ0n) is 19.0. The van der Waals surface area contributed by atoms with E-state index in [4.69, 9.17) is 23.1 Å². The Hall–Kier alpha value is -4.57. The van der Waals surface area contributed by atoms with Crippen LogP contribution in [0.1, 0.15) is 26.8 Å². The summed E-state index contributed by atoms with van der Waals surface area (Å²) in [6.07, 6.45) is -6.57. The summed E-state index contributed by atoms with van der Waals surface area (Å²) in [6, 6.07) is 8.48. The molecule has 4 aromatic rings. The van der Waals surface area contributed by atoms with E-state index in [2.05, 4.69) is 20.2 Å². The first-order valence-corrected chi connectivity index (χ1v) is 10.9. The summed E-state index contributed by atoms with van der Waals surface area (Å²) < 4.78 is 41.4. The maximum atomic E-state index is 13.1. The highest BCUT2D eigenvalue weighted by molar-refractivity contribution is 6.30. The molecule has 1 atom stereocenters. The standard InChI is InChI=1S/C21H17ClF3N9O4/c22-11-5-3-10(4-6-11)17-31-33(20(38)32(17)8-13(35)21(23,24)25)9-14-29-19(16(27)37)34(30-14)18-12(15(26)36)2-1-7-28-18/h1-7,13,35H,8-9H2,(H2,26,36)(H2,27,37). The quantitative estimate of drug-likeness (QED) is 0.282. The fourth-order valence-corrected chi connectivity index (χ4v) is 3.54. The normalized spacial score (nSPS) is 12.4. The van der Waals surface area contributed by atoms with E-state index in [1.165, 1.54) is 42.6 Å². The average molecular weight is 552 g/mol. The van der Waals surface area contributed by atoms with Crippen molar-refractivity contribution in [2.24, 2.45) is 11.5 Å². The summed E-state index contributed by atoms with van der Waals surface area (Å²) in [5.41, 5.74) is 9.83. The van der Waals surface area contributed by atoms with E-state index < -0.39 is 48.7 Å². The van der Waals surface area contributed by atoms with Crippen LogP contribution in [0.3, 0.4) is 0 Å². The van der Waals surface area contributed by atoms with Crippen LogP contribution in [0.4, 0.5) is 13.2 Å². The van der Waals surface area contributed by atoms with Crippen molar-refractivity contribution >= 4 is 23.4 Å². The largest absolute Gasteiger partial charge is 0.416 e. The van der Waals surface area contributed by atoms with E-state index >= 15 is 0 Å². The Morgan fingerprint density at radius 3 is 2.37 bits per heavy atom. The number of nitrogens with zero attached hydrogens (tertiary/aromatic N) is 7. The summed E-state index contributed by atoms with van der Waals surface area (Å²) in [6.45, 7) is -1.68. The first-order valence-electron chi connectivity index (χ1n) is 10.6. The number of amides is 2. The van der Waals surface area contributed by atoms with Crippen LogP contribution in [0.15, 0.2) is 47.4 Å². The number of aliphatic hydroxyl groups excluding tert-OH is 1. The van der Waals surface area contributed by atoms with E-state index in [0.29, 0.717) is 9.59 Å². The highest BCUT2D eigenvalue weighted by Gasteiger charge is 2.39. The molecular weight excluding hydrogens is 535 g/mol. The van der Waals surface area contributed by atoms with Gasteiger partial charge in [-0.25, -0.2) is 19.4 Å². The predicted molar refractivity (Wildman–Crippen MR) is 124 cm³/mol. The molecule has 1 unspecified atom stereocenters. The number of aliphatic hydroxyl groups is 1. The zero-order chi connectivity index (χ0) is 27.8. The third-order valence-corrected chi connectivity index (χ3v) is 5.43. The monoisotopic (exact) mass is 551 g/mol. The molecule has 0 aliphatic heterocycles. The minimum Gasteiger partial charge on any atom is -0.382 e. The van der Waals surface area contributed by atoms with Gasteiger partial charge >= 0.3 is 11.9 Å². The van der Waals surface area contributed by atoms with Crippen molar-refractivity contribution in [2.45, 2.75) is 25.4 Å². The smallest absolute Gasteiger partial charge is 0.382 e. The number of hydrogen-bond acceptors (Lipinski definition) is 8. The van der Waals surface area contributed by atoms with Crippen LogP contribution in [0.2, 0.25) is 5.02 Å². The van der Waals surface area contributed by atoms with Crippen molar-refractivity contribution in [3.63, 3.8) is 0 Å². The Kier molecular flexibility index (Phi) is 7.01. The Morgan fingerprint density at radius 2 is 1.76 bits per heavy atom. The van der Waals surface area contributed by atoms with Gasteiger partial charge in [0.2, 0.25) is 5.82 Å². The number of primary amides is 2. The molecule has 5 N–H and O–H groups in total. The van der Waals surface area contributed by atoms with Gasteiger partial charge in [0.25, 0.3) is 11.8 Å². The number of alkyl halides is 3. The number of carbonyl (C=O) groups excluding carboxylic acids is 2. The predicted octanol–water partition coefficient (Wildman–Crippen LogP) is 0.510. The second-order valence-corrected chi connectivity index (χ2v) is 8.24. The Morgan fingerprint density at radius 1 is 1.08 bits per heavy atom. The molecule has 0 saturated heterocycles. The molecule has 1 aromatic carbocycles. The van der Waals surface area contributed by atoms with E-state index in [-0.39, 0.29) is 28.6 Å². The van der Waals surface area contributed by atoms with Crippen molar-refractivity contribution in [3.05, 3.63) is 75.3 Å². The zero-order valence-corrected chi connectivity index (χ0v) is 19.8. The molecule has 3 aromatic heterocycles. The second kappa shape index (κ2) is 10.1. The van der Waals surface area contributed by atoms with Crippen molar-refractivity contribution in [1.82, 2.24) is 34.1 Å². The first kappa shape index (κ1) is 26.5. The van der Waals surface area contributed by atoms with E-state index in [0.717, 1.165) is 9.36 Å². The van der Waals surface area contributed by atoms with Crippen LogP contribution in [-0.4, -0.2) is 63.3 Å². The van der Waals surface area contributed by atoms with E-state index in [1.54, 1.807) is 0 Å². The summed E-state index contributed by atoms with van der Waals surface area (Å²) in [4.78, 5) is 44.9. The number of hydrogen-bond donors (Lipinski definition) is 3. The maximum Gasteiger partial charge on any atom is 0.416 e. The molecule has 0 aliphatic carbocycles. The fraction of sp³-hybridized carbons (Fsp3) is 0.190. The minimum atomic E-state index is -5.00. The average Bonchev–Trinajstić information content (AvgIpc) is 3.41. The van der Waals surface area contributed by atoms with Crippen molar-refractivity contribution in [3.8, 4) is 17.2 Å². The number of halogens is 4. The molecule has 0 fully saturated rings. The van der Waals surface area contributed by atoms with Crippen LogP contribution in [-0.2, 0) is 13.1 Å². The van der Waals surface area contributed by atoms with Gasteiger partial charge < -0.3 is 16.6 Å². The van der Waals surface area contributed by atoms with Crippen LogP contribution in [0.25, 0.3) is 17.2 Å². The highest BCUT2D eigenvalue weighted by atomic mass is 35.5. The van der Waals surface area contributed by atoms with Gasteiger partial charge in [-0.2, -0.15) is 17.9 Å². The van der Waals surface area contributed by atoms with Gasteiger partial charge in [-0.3, -0.25) is 14.2 Å². The van der Waals surface area contributed by atoms with Crippen molar-refractivity contribution in [2.75, 3.05) is 0 Å². The molecule has 0 radical (unpaired) electrons. The SMILES string of the molecule is NC(=O)c1cccnc1-n1nc(Cn2nc(-c3ccc(Cl)cc3)n(CC(O)C(F)(F)F)c2=O)nc1C(N)=O. The Balaban J connectivity index is 1.80. The third kappa shape index (κ3) is 5.25. The fourth-order valence-electron chi connectivity index (χ4n) is 3.42. The number of nitrogens with two attached hydrogens (primary N) is 2. The van der Waals surface area contributed by atoms with E-state index in [9.17, 15) is 32.7 Å². The van der Waals surface area contributed by atoms with Crippen LogP contribution in [0, 0.1) is 0 Å². The van der Waals surface area contributed by atoms with Crippen LogP contribution < -0.4 is 17.2 Å². The lowest BCUT2D eigenvalue weighted by molar-refractivity contribution is -0.207. The molecule has 0 spiro atoms. The number of carbonyl (C=O) groups is 2. The lowest BCUT2D eigenvalue weighted by Gasteiger charge is -2.15. The summed E-state index contributed by atoms with van der Waals surface area (Å²) in [7, 11) is 0. The van der Waals surface area contributed by atoms with Gasteiger partial charge in [0.05, 0.1) is 12.1 Å². The number of rotatable bonds is 8. The van der Waals surface area contributed by atoms with Crippen LogP contribution >= 0.6 is 11.6 Å². The number of benzene rings is 1. The second-order valence-electron chi connectivity index (χ2n) is 7.81. The molecule has 13 nitrogen and oxygen atoms in total. The molecule has 3 heterocycles. The Labute approximate surface area is 215 Å². The lowest BCUT2D eigenvalue weighted by atomic mass is 10.2. The molecule has 4 rings (SSSR count). The van der Waals surface area contributed by atoms with Crippen molar-refractivity contribution in [1.29, 1.82) is 0 Å². The summed E-state index contributed by atoms with van der Waals surface area (Å²) in [5.74, 6) is -2.99. The van der Waals surface area contributed by atoms with E-state index in [1.807, 2.05) is 0 Å². The molecule has 198 valence electrons. The number of pyridine rings is 1. The molecule has 2 amide bonds. The van der Waals surface area contributed by atoms with Gasteiger partial charge in [0.15, 0.2) is 23.6 Å². The molecular formula is C21H17ClF3N9O4. The molecule has 17 heteroatoms. The van der Waals surface area contributed by atoms with Gasteiger partial charge in [0.1, 0.15) is 6.54 Å². The van der Waals surface area contributed by atoms with Crippen molar-refractivity contribution < 1.29 is 27.9 Å². The summed E-state index contributed by atoms with van der Waals surface area (Å²) in [5, 5.41) is 18.1.